The standard InChI is InChI=1S/C21H17N3O5/c1-14-13-16(24(27)28)9-12-19(14)23-21(26)20(25)22-15-7-10-18(11-8-15)29-17-5-3-2-4-6-17/h2-13H,1H3,(H,22,25)(H,23,26). The zero-order valence-corrected chi connectivity index (χ0v) is 15.4. The first-order valence-corrected chi connectivity index (χ1v) is 8.63. The summed E-state index contributed by atoms with van der Waals surface area (Å²) in [6, 6.07) is 19.8. The van der Waals surface area contributed by atoms with Crippen LogP contribution in [0.15, 0.2) is 72.8 Å². The molecule has 0 spiro atoms. The lowest BCUT2D eigenvalue weighted by atomic mass is 10.2. The Balaban J connectivity index is 1.59. The highest BCUT2D eigenvalue weighted by molar-refractivity contribution is 6.43. The van der Waals surface area contributed by atoms with Gasteiger partial charge in [-0.3, -0.25) is 19.7 Å². The van der Waals surface area contributed by atoms with Crippen LogP contribution in [-0.4, -0.2) is 16.7 Å². The Kier molecular flexibility index (Phi) is 5.84. The summed E-state index contributed by atoms with van der Waals surface area (Å²) in [4.78, 5) is 34.5. The molecule has 0 aliphatic heterocycles. The summed E-state index contributed by atoms with van der Waals surface area (Å²) in [5.74, 6) is -0.478. The number of hydrogen-bond acceptors (Lipinski definition) is 5. The molecule has 0 saturated carbocycles. The second kappa shape index (κ2) is 8.66. The number of nitro groups is 1. The molecule has 0 unspecified atom stereocenters. The fraction of sp³-hybridized carbons (Fsp3) is 0.0476. The third-order valence-corrected chi connectivity index (χ3v) is 3.97. The largest absolute Gasteiger partial charge is 0.457 e. The lowest BCUT2D eigenvalue weighted by molar-refractivity contribution is -0.384. The van der Waals surface area contributed by atoms with Gasteiger partial charge in [0, 0.05) is 23.5 Å². The lowest BCUT2D eigenvalue weighted by Crippen LogP contribution is -2.29. The molecule has 2 N–H and O–H groups in total. The molecule has 0 aliphatic rings. The molecular formula is C21H17N3O5. The molecule has 0 radical (unpaired) electrons. The number of non-ortho nitro benzene ring substituents is 1. The Bertz CT molecular complexity index is 1050. The number of carbonyl (C=O) groups excluding carboxylic acids is 2. The molecule has 3 aromatic carbocycles. The van der Waals surface area contributed by atoms with Gasteiger partial charge in [0.25, 0.3) is 5.69 Å². The number of nitro benzene ring substituents is 1. The molecule has 0 fully saturated rings. The van der Waals surface area contributed by atoms with Gasteiger partial charge in [-0.25, -0.2) is 0 Å². The van der Waals surface area contributed by atoms with Crippen LogP contribution in [0.2, 0.25) is 0 Å². The van der Waals surface area contributed by atoms with Crippen molar-refractivity contribution in [3.05, 3.63) is 88.5 Å². The normalized spacial score (nSPS) is 10.1. The van der Waals surface area contributed by atoms with Crippen molar-refractivity contribution < 1.29 is 19.2 Å². The summed E-state index contributed by atoms with van der Waals surface area (Å²) in [7, 11) is 0. The molecule has 0 heterocycles. The van der Waals surface area contributed by atoms with Gasteiger partial charge in [-0.1, -0.05) is 18.2 Å². The molecule has 0 saturated heterocycles. The van der Waals surface area contributed by atoms with Crippen LogP contribution in [0, 0.1) is 17.0 Å². The summed E-state index contributed by atoms with van der Waals surface area (Å²) >= 11 is 0. The first-order chi connectivity index (χ1) is 13.9. The van der Waals surface area contributed by atoms with E-state index < -0.39 is 16.7 Å². The van der Waals surface area contributed by atoms with Gasteiger partial charge in [0.2, 0.25) is 0 Å². The van der Waals surface area contributed by atoms with Crippen molar-refractivity contribution in [2.24, 2.45) is 0 Å². The molecule has 0 atom stereocenters. The highest BCUT2D eigenvalue weighted by Gasteiger charge is 2.16. The summed E-state index contributed by atoms with van der Waals surface area (Å²) in [6.07, 6.45) is 0. The minimum absolute atomic E-state index is 0.0947. The SMILES string of the molecule is Cc1cc([N+](=O)[O-])ccc1NC(=O)C(=O)Nc1ccc(Oc2ccccc2)cc1. The highest BCUT2D eigenvalue weighted by atomic mass is 16.6. The number of nitrogens with zero attached hydrogens (tertiary/aromatic N) is 1. The number of benzene rings is 3. The van der Waals surface area contributed by atoms with Crippen LogP contribution < -0.4 is 15.4 Å². The Morgan fingerprint density at radius 1 is 0.862 bits per heavy atom. The molecular weight excluding hydrogens is 374 g/mol. The number of carbonyl (C=O) groups is 2. The molecule has 8 nitrogen and oxygen atoms in total. The van der Waals surface area contributed by atoms with Crippen LogP contribution in [0.3, 0.4) is 0 Å². The van der Waals surface area contributed by atoms with Gasteiger partial charge in [0.1, 0.15) is 11.5 Å². The van der Waals surface area contributed by atoms with Crippen LogP contribution in [0.5, 0.6) is 11.5 Å². The van der Waals surface area contributed by atoms with E-state index in [4.69, 9.17) is 4.74 Å². The van der Waals surface area contributed by atoms with Crippen molar-refractivity contribution in [1.82, 2.24) is 0 Å². The van der Waals surface area contributed by atoms with E-state index in [2.05, 4.69) is 10.6 Å². The predicted octanol–water partition coefficient (Wildman–Crippen LogP) is 4.27. The zero-order chi connectivity index (χ0) is 20.8. The molecule has 8 heteroatoms. The number of amides is 2. The lowest BCUT2D eigenvalue weighted by Gasteiger charge is -2.10. The second-order valence-electron chi connectivity index (χ2n) is 6.10. The third-order valence-electron chi connectivity index (χ3n) is 3.97. The fourth-order valence-electron chi connectivity index (χ4n) is 2.50. The molecule has 3 rings (SSSR count). The van der Waals surface area contributed by atoms with E-state index in [9.17, 15) is 19.7 Å². The van der Waals surface area contributed by atoms with Gasteiger partial charge in [-0.05, 0) is 55.0 Å². The Hall–Kier alpha value is -4.20. The van der Waals surface area contributed by atoms with Gasteiger partial charge in [0.15, 0.2) is 0 Å². The van der Waals surface area contributed by atoms with E-state index >= 15 is 0 Å². The summed E-state index contributed by atoms with van der Waals surface area (Å²) < 4.78 is 5.66. The average molecular weight is 391 g/mol. The Labute approximate surface area is 166 Å². The van der Waals surface area contributed by atoms with Crippen LogP contribution in [0.4, 0.5) is 17.1 Å². The molecule has 2 amide bonds. The Morgan fingerprint density at radius 2 is 1.48 bits per heavy atom. The molecule has 0 aliphatic carbocycles. The molecule has 0 bridgehead atoms. The zero-order valence-electron chi connectivity index (χ0n) is 15.4. The number of ether oxygens (including phenoxy) is 1. The van der Waals surface area contributed by atoms with Crippen molar-refractivity contribution >= 4 is 28.9 Å². The van der Waals surface area contributed by atoms with E-state index in [-0.39, 0.29) is 5.69 Å². The first kappa shape index (κ1) is 19.6. The smallest absolute Gasteiger partial charge is 0.314 e. The van der Waals surface area contributed by atoms with Crippen LogP contribution in [0.1, 0.15) is 5.56 Å². The minimum Gasteiger partial charge on any atom is -0.457 e. The molecule has 0 aromatic heterocycles. The summed E-state index contributed by atoms with van der Waals surface area (Å²) in [6.45, 7) is 1.60. The average Bonchev–Trinajstić information content (AvgIpc) is 2.71. The number of anilines is 2. The van der Waals surface area contributed by atoms with Crippen molar-refractivity contribution in [2.75, 3.05) is 10.6 Å². The van der Waals surface area contributed by atoms with E-state index in [0.717, 1.165) is 0 Å². The minimum atomic E-state index is -0.883. The van der Waals surface area contributed by atoms with E-state index in [1.54, 1.807) is 31.2 Å². The van der Waals surface area contributed by atoms with Crippen molar-refractivity contribution in [3.8, 4) is 11.5 Å². The predicted molar refractivity (Wildman–Crippen MR) is 108 cm³/mol. The second-order valence-corrected chi connectivity index (χ2v) is 6.10. The van der Waals surface area contributed by atoms with E-state index in [0.29, 0.717) is 28.4 Å². The maximum absolute atomic E-state index is 12.1. The maximum Gasteiger partial charge on any atom is 0.314 e. The number of nitrogens with one attached hydrogen (secondary N) is 2. The van der Waals surface area contributed by atoms with Crippen molar-refractivity contribution in [3.63, 3.8) is 0 Å². The Morgan fingerprint density at radius 3 is 2.10 bits per heavy atom. The topological polar surface area (TPSA) is 111 Å². The highest BCUT2D eigenvalue weighted by Crippen LogP contribution is 2.23. The van der Waals surface area contributed by atoms with E-state index in [1.807, 2.05) is 30.3 Å². The molecule has 29 heavy (non-hydrogen) atoms. The van der Waals surface area contributed by atoms with Gasteiger partial charge >= 0.3 is 11.8 Å². The number of aryl methyl sites for hydroxylation is 1. The van der Waals surface area contributed by atoms with Gasteiger partial charge in [0.05, 0.1) is 4.92 Å². The molecule has 3 aromatic rings. The van der Waals surface area contributed by atoms with Gasteiger partial charge < -0.3 is 15.4 Å². The van der Waals surface area contributed by atoms with Crippen LogP contribution >= 0.6 is 0 Å². The number of hydrogen-bond donors (Lipinski definition) is 2. The fourth-order valence-corrected chi connectivity index (χ4v) is 2.50. The van der Waals surface area contributed by atoms with Gasteiger partial charge in [-0.15, -0.1) is 0 Å². The van der Waals surface area contributed by atoms with Crippen molar-refractivity contribution in [1.29, 1.82) is 0 Å². The maximum atomic E-state index is 12.1. The molecule has 146 valence electrons. The van der Waals surface area contributed by atoms with E-state index in [1.165, 1.54) is 18.2 Å². The number of rotatable bonds is 5. The summed E-state index contributed by atoms with van der Waals surface area (Å²) in [5, 5.41) is 15.7. The quantitative estimate of drug-likeness (QED) is 0.383. The van der Waals surface area contributed by atoms with Gasteiger partial charge in [-0.2, -0.15) is 0 Å². The summed E-state index contributed by atoms with van der Waals surface area (Å²) in [5.41, 5.74) is 1.12. The number of para-hydroxylation sites is 1. The third kappa shape index (κ3) is 5.16. The monoisotopic (exact) mass is 391 g/mol. The van der Waals surface area contributed by atoms with Crippen LogP contribution in [0.25, 0.3) is 0 Å². The van der Waals surface area contributed by atoms with Crippen molar-refractivity contribution in [2.45, 2.75) is 6.92 Å². The first-order valence-electron chi connectivity index (χ1n) is 8.63. The van der Waals surface area contributed by atoms with Crippen LogP contribution in [-0.2, 0) is 9.59 Å².